The van der Waals surface area contributed by atoms with Crippen LogP contribution in [0.1, 0.15) is 54.4 Å². The van der Waals surface area contributed by atoms with E-state index < -0.39 is 0 Å². The molecule has 1 heterocycles. The van der Waals surface area contributed by atoms with Gasteiger partial charge in [-0.25, -0.2) is 0 Å². The molecular weight excluding hydrogens is 212 g/mol. The molecule has 0 aromatic carbocycles. The normalized spacial score (nSPS) is 32.4. The Morgan fingerprint density at radius 1 is 0.875 bits per heavy atom. The van der Waals surface area contributed by atoms with Crippen molar-refractivity contribution in [3.8, 4) is 0 Å². The van der Waals surface area contributed by atoms with Gasteiger partial charge in [-0.15, -0.1) is 0 Å². The zero-order valence-corrected chi connectivity index (χ0v) is 12.8. The van der Waals surface area contributed by atoms with Crippen molar-refractivity contribution in [2.75, 3.05) is 5.75 Å². The summed E-state index contributed by atoms with van der Waals surface area (Å²) < 4.78 is 0. The standard InChI is InChI=1S/C15H30S/c1-10(2)13-8-7-9-16-15(12(5)6)14(13)11(3)4/h10-15H,7-9H2,1-6H3. The second-order valence-corrected chi connectivity index (χ2v) is 7.74. The molecule has 1 rings (SSSR count). The van der Waals surface area contributed by atoms with Gasteiger partial charge in [0.25, 0.3) is 0 Å². The Labute approximate surface area is 107 Å². The first-order chi connectivity index (χ1) is 7.45. The van der Waals surface area contributed by atoms with Gasteiger partial charge in [-0.3, -0.25) is 0 Å². The van der Waals surface area contributed by atoms with Crippen LogP contribution in [0.25, 0.3) is 0 Å². The van der Waals surface area contributed by atoms with Crippen LogP contribution in [0, 0.1) is 29.6 Å². The van der Waals surface area contributed by atoms with Gasteiger partial charge in [0, 0.05) is 5.25 Å². The van der Waals surface area contributed by atoms with Crippen molar-refractivity contribution >= 4 is 11.8 Å². The van der Waals surface area contributed by atoms with Gasteiger partial charge in [0.1, 0.15) is 0 Å². The van der Waals surface area contributed by atoms with Crippen LogP contribution in [0.2, 0.25) is 0 Å². The maximum absolute atomic E-state index is 2.43. The average Bonchev–Trinajstić information content (AvgIpc) is 2.38. The predicted molar refractivity (Wildman–Crippen MR) is 77.0 cm³/mol. The highest BCUT2D eigenvalue weighted by atomic mass is 32.2. The smallest absolute Gasteiger partial charge is 0.0103 e. The van der Waals surface area contributed by atoms with E-state index in [-0.39, 0.29) is 0 Å². The lowest BCUT2D eigenvalue weighted by molar-refractivity contribution is 0.167. The van der Waals surface area contributed by atoms with Crippen molar-refractivity contribution in [1.29, 1.82) is 0 Å². The van der Waals surface area contributed by atoms with E-state index >= 15 is 0 Å². The monoisotopic (exact) mass is 242 g/mol. The largest absolute Gasteiger partial charge is 0.158 e. The second kappa shape index (κ2) is 6.33. The van der Waals surface area contributed by atoms with Crippen LogP contribution in [-0.4, -0.2) is 11.0 Å². The van der Waals surface area contributed by atoms with Crippen molar-refractivity contribution in [1.82, 2.24) is 0 Å². The molecule has 1 heteroatoms. The zero-order valence-electron chi connectivity index (χ0n) is 12.0. The van der Waals surface area contributed by atoms with E-state index in [0.717, 1.165) is 34.8 Å². The van der Waals surface area contributed by atoms with E-state index in [1.807, 2.05) is 0 Å². The molecule has 0 aliphatic carbocycles. The van der Waals surface area contributed by atoms with Crippen molar-refractivity contribution in [3.05, 3.63) is 0 Å². The minimum absolute atomic E-state index is 0.830. The summed E-state index contributed by atoms with van der Waals surface area (Å²) in [4.78, 5) is 0. The zero-order chi connectivity index (χ0) is 12.3. The van der Waals surface area contributed by atoms with E-state index in [1.165, 1.54) is 18.6 Å². The molecule has 16 heavy (non-hydrogen) atoms. The van der Waals surface area contributed by atoms with Gasteiger partial charge in [-0.05, 0) is 48.2 Å². The van der Waals surface area contributed by atoms with Crippen LogP contribution in [0.15, 0.2) is 0 Å². The molecule has 96 valence electrons. The van der Waals surface area contributed by atoms with Crippen LogP contribution in [0.3, 0.4) is 0 Å². The van der Waals surface area contributed by atoms with Crippen molar-refractivity contribution in [2.45, 2.75) is 59.6 Å². The molecule has 1 fully saturated rings. The van der Waals surface area contributed by atoms with Crippen molar-refractivity contribution < 1.29 is 0 Å². The lowest BCUT2D eigenvalue weighted by atomic mass is 9.71. The van der Waals surface area contributed by atoms with E-state index in [2.05, 4.69) is 53.3 Å². The van der Waals surface area contributed by atoms with E-state index in [9.17, 15) is 0 Å². The summed E-state index contributed by atoms with van der Waals surface area (Å²) >= 11 is 2.25. The Balaban J connectivity index is 2.89. The highest BCUT2D eigenvalue weighted by Crippen LogP contribution is 2.44. The fourth-order valence-electron chi connectivity index (χ4n) is 3.37. The first kappa shape index (κ1) is 14.4. The van der Waals surface area contributed by atoms with Crippen LogP contribution in [0.4, 0.5) is 0 Å². The number of thioether (sulfide) groups is 1. The number of hydrogen-bond donors (Lipinski definition) is 0. The third-order valence-corrected chi connectivity index (χ3v) is 5.92. The maximum atomic E-state index is 2.43. The number of hydrogen-bond acceptors (Lipinski definition) is 1. The summed E-state index contributed by atoms with van der Waals surface area (Å²) in [6.07, 6.45) is 2.89. The maximum Gasteiger partial charge on any atom is 0.0103 e. The van der Waals surface area contributed by atoms with Crippen LogP contribution in [0.5, 0.6) is 0 Å². The quantitative estimate of drug-likeness (QED) is 0.665. The van der Waals surface area contributed by atoms with Gasteiger partial charge in [0.2, 0.25) is 0 Å². The summed E-state index contributed by atoms with van der Waals surface area (Å²) in [6, 6.07) is 0. The summed E-state index contributed by atoms with van der Waals surface area (Å²) in [7, 11) is 0. The predicted octanol–water partition coefficient (Wildman–Crippen LogP) is 5.08. The topological polar surface area (TPSA) is 0 Å². The molecule has 1 aliphatic rings. The van der Waals surface area contributed by atoms with Gasteiger partial charge < -0.3 is 0 Å². The van der Waals surface area contributed by atoms with E-state index in [0.29, 0.717) is 0 Å². The highest BCUT2D eigenvalue weighted by molar-refractivity contribution is 7.99. The molecule has 0 saturated carbocycles. The first-order valence-corrected chi connectivity index (χ1v) is 8.11. The lowest BCUT2D eigenvalue weighted by Crippen LogP contribution is -2.34. The molecule has 0 aromatic heterocycles. The molecule has 0 N–H and O–H groups in total. The van der Waals surface area contributed by atoms with Gasteiger partial charge in [-0.1, -0.05) is 41.5 Å². The van der Waals surface area contributed by atoms with Gasteiger partial charge >= 0.3 is 0 Å². The van der Waals surface area contributed by atoms with Crippen LogP contribution < -0.4 is 0 Å². The molecule has 3 unspecified atom stereocenters. The second-order valence-electron chi connectivity index (χ2n) is 6.45. The highest BCUT2D eigenvalue weighted by Gasteiger charge is 2.36. The van der Waals surface area contributed by atoms with E-state index in [4.69, 9.17) is 0 Å². The Hall–Kier alpha value is 0.350. The molecule has 0 amide bonds. The molecule has 0 nitrogen and oxygen atoms in total. The third-order valence-electron chi connectivity index (χ3n) is 4.15. The Bertz CT molecular complexity index is 178. The molecule has 3 atom stereocenters. The lowest BCUT2D eigenvalue weighted by Gasteiger charge is -2.38. The fraction of sp³-hybridized carbons (Fsp3) is 1.00. The van der Waals surface area contributed by atoms with Crippen molar-refractivity contribution in [3.63, 3.8) is 0 Å². The molecule has 0 aromatic rings. The van der Waals surface area contributed by atoms with E-state index in [1.54, 1.807) is 0 Å². The first-order valence-electron chi connectivity index (χ1n) is 7.06. The molecule has 0 radical (unpaired) electrons. The summed E-state index contributed by atoms with van der Waals surface area (Å²) in [5.41, 5.74) is 0. The van der Waals surface area contributed by atoms with Crippen LogP contribution in [-0.2, 0) is 0 Å². The van der Waals surface area contributed by atoms with Gasteiger partial charge in [0.15, 0.2) is 0 Å². The average molecular weight is 242 g/mol. The third kappa shape index (κ3) is 3.42. The number of rotatable bonds is 3. The fourth-order valence-corrected chi connectivity index (χ4v) is 5.10. The molecule has 1 aliphatic heterocycles. The molecule has 0 spiro atoms. The Morgan fingerprint density at radius 3 is 1.94 bits per heavy atom. The molecule has 0 bridgehead atoms. The summed E-state index contributed by atoms with van der Waals surface area (Å²) in [5.74, 6) is 5.78. The molecule has 1 saturated heterocycles. The minimum Gasteiger partial charge on any atom is -0.158 e. The Kier molecular flexibility index (Phi) is 5.70. The SMILES string of the molecule is CC(C)C1CCCSC(C(C)C)C1C(C)C. The summed E-state index contributed by atoms with van der Waals surface area (Å²) in [6.45, 7) is 14.5. The molecular formula is C15H30S. The van der Waals surface area contributed by atoms with Gasteiger partial charge in [-0.2, -0.15) is 11.8 Å². The minimum atomic E-state index is 0.830. The van der Waals surface area contributed by atoms with Crippen LogP contribution >= 0.6 is 11.8 Å². The summed E-state index contributed by atoms with van der Waals surface area (Å²) in [5, 5.41) is 0.884. The van der Waals surface area contributed by atoms with Crippen molar-refractivity contribution in [2.24, 2.45) is 29.6 Å². The van der Waals surface area contributed by atoms with Gasteiger partial charge in [0.05, 0.1) is 0 Å². The Morgan fingerprint density at radius 2 is 1.50 bits per heavy atom.